The molecule has 2 N–H and O–H groups in total. The molecule has 0 spiro atoms. The molecular formula is C17H28N2O2. The second-order valence-corrected chi connectivity index (χ2v) is 5.33. The largest absolute Gasteiger partial charge is 0.448 e. The number of hydrogen-bond donors (Lipinski definition) is 2. The standard InChI is InChI=1S/C17H28N2O2/c1-3-4-5-7-10-15(2)18-13-14-21-17(20)19-16-11-8-6-9-12-16/h6,8-9,11-12,15,18H,3-5,7,10,13-14H2,1-2H3,(H,19,20)/t15-/m0/s1. The van der Waals surface area contributed by atoms with Crippen LogP contribution in [0.15, 0.2) is 30.3 Å². The maximum absolute atomic E-state index is 11.5. The van der Waals surface area contributed by atoms with Gasteiger partial charge in [-0.25, -0.2) is 4.79 Å². The number of unbranched alkanes of at least 4 members (excludes halogenated alkanes) is 3. The lowest BCUT2D eigenvalue weighted by molar-refractivity contribution is 0.161. The van der Waals surface area contributed by atoms with Crippen molar-refractivity contribution in [1.29, 1.82) is 0 Å². The molecule has 0 heterocycles. The third-order valence-electron chi connectivity index (χ3n) is 3.34. The van der Waals surface area contributed by atoms with Crippen LogP contribution in [0, 0.1) is 0 Å². The molecule has 4 nitrogen and oxygen atoms in total. The van der Waals surface area contributed by atoms with Crippen LogP contribution in [0.5, 0.6) is 0 Å². The van der Waals surface area contributed by atoms with E-state index in [1.165, 1.54) is 32.1 Å². The average Bonchev–Trinajstić information content (AvgIpc) is 2.49. The Hall–Kier alpha value is -1.55. The van der Waals surface area contributed by atoms with E-state index in [1.807, 2.05) is 30.3 Å². The SMILES string of the molecule is CCCCCC[C@H](C)NCCOC(=O)Nc1ccccc1. The number of rotatable bonds is 10. The topological polar surface area (TPSA) is 50.4 Å². The Morgan fingerprint density at radius 1 is 1.19 bits per heavy atom. The van der Waals surface area contributed by atoms with Gasteiger partial charge in [-0.3, -0.25) is 5.32 Å². The van der Waals surface area contributed by atoms with Gasteiger partial charge in [-0.2, -0.15) is 0 Å². The van der Waals surface area contributed by atoms with Crippen molar-refractivity contribution in [3.63, 3.8) is 0 Å². The summed E-state index contributed by atoms with van der Waals surface area (Å²) < 4.78 is 5.13. The minimum absolute atomic E-state index is 0.387. The Labute approximate surface area is 128 Å². The normalized spacial score (nSPS) is 11.9. The molecule has 1 aromatic rings. The van der Waals surface area contributed by atoms with E-state index in [9.17, 15) is 4.79 Å². The Balaban J connectivity index is 2.01. The Morgan fingerprint density at radius 3 is 2.67 bits per heavy atom. The number of amides is 1. The quantitative estimate of drug-likeness (QED) is 0.636. The lowest BCUT2D eigenvalue weighted by Crippen LogP contribution is -2.30. The molecule has 118 valence electrons. The van der Waals surface area contributed by atoms with Crippen LogP contribution in [-0.2, 0) is 4.74 Å². The molecule has 0 aromatic heterocycles. The Bertz CT molecular complexity index is 382. The number of anilines is 1. The smallest absolute Gasteiger partial charge is 0.411 e. The van der Waals surface area contributed by atoms with Crippen LogP contribution in [-0.4, -0.2) is 25.3 Å². The summed E-state index contributed by atoms with van der Waals surface area (Å²) in [5, 5.41) is 6.06. The van der Waals surface area contributed by atoms with E-state index in [2.05, 4.69) is 24.5 Å². The first-order valence-corrected chi connectivity index (χ1v) is 7.94. The number of para-hydroxylation sites is 1. The molecule has 0 bridgehead atoms. The molecule has 0 aliphatic heterocycles. The summed E-state index contributed by atoms with van der Waals surface area (Å²) in [6.07, 6.45) is 5.92. The van der Waals surface area contributed by atoms with E-state index in [4.69, 9.17) is 4.74 Å². The summed E-state index contributed by atoms with van der Waals surface area (Å²) in [6.45, 7) is 5.48. The number of carbonyl (C=O) groups is 1. The van der Waals surface area contributed by atoms with Crippen LogP contribution >= 0.6 is 0 Å². The molecule has 1 amide bonds. The zero-order valence-corrected chi connectivity index (χ0v) is 13.2. The van der Waals surface area contributed by atoms with Crippen LogP contribution in [0.2, 0.25) is 0 Å². The summed E-state index contributed by atoms with van der Waals surface area (Å²) in [7, 11) is 0. The summed E-state index contributed by atoms with van der Waals surface area (Å²) in [4.78, 5) is 11.5. The molecule has 21 heavy (non-hydrogen) atoms. The highest BCUT2D eigenvalue weighted by Crippen LogP contribution is 2.06. The van der Waals surface area contributed by atoms with E-state index < -0.39 is 6.09 Å². The molecule has 4 heteroatoms. The van der Waals surface area contributed by atoms with Gasteiger partial charge in [0.05, 0.1) is 0 Å². The molecule has 1 rings (SSSR count). The van der Waals surface area contributed by atoms with E-state index in [-0.39, 0.29) is 0 Å². The summed E-state index contributed by atoms with van der Waals surface area (Å²) in [6, 6.07) is 9.79. The van der Waals surface area contributed by atoms with Gasteiger partial charge >= 0.3 is 6.09 Å². The third kappa shape index (κ3) is 9.08. The predicted molar refractivity (Wildman–Crippen MR) is 87.6 cm³/mol. The van der Waals surface area contributed by atoms with Crippen LogP contribution < -0.4 is 10.6 Å². The number of benzene rings is 1. The number of ether oxygens (including phenoxy) is 1. The van der Waals surface area contributed by atoms with Crippen molar-refractivity contribution in [3.8, 4) is 0 Å². The van der Waals surface area contributed by atoms with Gasteiger partial charge in [0, 0.05) is 18.3 Å². The maximum atomic E-state index is 11.5. The van der Waals surface area contributed by atoms with Gasteiger partial charge in [-0.1, -0.05) is 50.8 Å². The van der Waals surface area contributed by atoms with Crippen molar-refractivity contribution < 1.29 is 9.53 Å². The van der Waals surface area contributed by atoms with Gasteiger partial charge in [0.1, 0.15) is 6.61 Å². The number of carbonyl (C=O) groups excluding carboxylic acids is 1. The fourth-order valence-electron chi connectivity index (χ4n) is 2.10. The predicted octanol–water partition coefficient (Wildman–Crippen LogP) is 4.18. The number of hydrogen-bond acceptors (Lipinski definition) is 3. The zero-order chi connectivity index (χ0) is 15.3. The molecule has 0 saturated carbocycles. The van der Waals surface area contributed by atoms with Crippen LogP contribution in [0.4, 0.5) is 10.5 Å². The van der Waals surface area contributed by atoms with Crippen molar-refractivity contribution in [1.82, 2.24) is 5.32 Å². The average molecular weight is 292 g/mol. The highest BCUT2D eigenvalue weighted by molar-refractivity contribution is 5.84. The Kier molecular flexibility index (Phi) is 9.29. The molecule has 0 aliphatic carbocycles. The zero-order valence-electron chi connectivity index (χ0n) is 13.2. The van der Waals surface area contributed by atoms with Crippen molar-refractivity contribution in [2.75, 3.05) is 18.5 Å². The van der Waals surface area contributed by atoms with Crippen molar-refractivity contribution in [2.45, 2.75) is 52.0 Å². The fraction of sp³-hybridized carbons (Fsp3) is 0.588. The van der Waals surface area contributed by atoms with Gasteiger partial charge in [0.2, 0.25) is 0 Å². The lowest BCUT2D eigenvalue weighted by atomic mass is 10.1. The molecule has 1 atom stereocenters. The summed E-state index contributed by atoms with van der Waals surface area (Å²) in [5.41, 5.74) is 0.750. The van der Waals surface area contributed by atoms with Crippen LogP contribution in [0.25, 0.3) is 0 Å². The molecule has 0 unspecified atom stereocenters. The monoisotopic (exact) mass is 292 g/mol. The van der Waals surface area contributed by atoms with E-state index in [0.717, 1.165) is 5.69 Å². The van der Waals surface area contributed by atoms with E-state index >= 15 is 0 Å². The number of nitrogens with one attached hydrogen (secondary N) is 2. The fourth-order valence-corrected chi connectivity index (χ4v) is 2.10. The van der Waals surface area contributed by atoms with Crippen LogP contribution in [0.3, 0.4) is 0 Å². The summed E-state index contributed by atoms with van der Waals surface area (Å²) in [5.74, 6) is 0. The van der Waals surface area contributed by atoms with Crippen molar-refractivity contribution >= 4 is 11.8 Å². The minimum atomic E-state index is -0.404. The minimum Gasteiger partial charge on any atom is -0.448 e. The van der Waals surface area contributed by atoms with Crippen molar-refractivity contribution in [2.24, 2.45) is 0 Å². The van der Waals surface area contributed by atoms with Gasteiger partial charge in [-0.05, 0) is 25.5 Å². The molecule has 0 aliphatic rings. The highest BCUT2D eigenvalue weighted by Gasteiger charge is 2.04. The van der Waals surface area contributed by atoms with Crippen molar-refractivity contribution in [3.05, 3.63) is 30.3 Å². The molecule has 0 radical (unpaired) electrons. The van der Waals surface area contributed by atoms with Gasteiger partial charge in [-0.15, -0.1) is 0 Å². The Morgan fingerprint density at radius 2 is 1.95 bits per heavy atom. The van der Waals surface area contributed by atoms with Crippen LogP contribution in [0.1, 0.15) is 46.0 Å². The first kappa shape index (κ1) is 17.5. The molecule has 1 aromatic carbocycles. The van der Waals surface area contributed by atoms with E-state index in [1.54, 1.807) is 0 Å². The summed E-state index contributed by atoms with van der Waals surface area (Å²) >= 11 is 0. The second kappa shape index (κ2) is 11.1. The molecular weight excluding hydrogens is 264 g/mol. The first-order chi connectivity index (χ1) is 10.2. The molecule has 0 saturated heterocycles. The van der Waals surface area contributed by atoms with Gasteiger partial charge in [0.15, 0.2) is 0 Å². The highest BCUT2D eigenvalue weighted by atomic mass is 16.5. The second-order valence-electron chi connectivity index (χ2n) is 5.33. The first-order valence-electron chi connectivity index (χ1n) is 7.94. The molecule has 0 fully saturated rings. The third-order valence-corrected chi connectivity index (χ3v) is 3.34. The van der Waals surface area contributed by atoms with Gasteiger partial charge in [0.25, 0.3) is 0 Å². The maximum Gasteiger partial charge on any atom is 0.411 e. The van der Waals surface area contributed by atoms with Gasteiger partial charge < -0.3 is 10.1 Å². The lowest BCUT2D eigenvalue weighted by Gasteiger charge is -2.13. The van der Waals surface area contributed by atoms with E-state index in [0.29, 0.717) is 19.2 Å².